The Balaban J connectivity index is 2.53. The van der Waals surface area contributed by atoms with Crippen molar-refractivity contribution in [3.8, 4) is 0 Å². The highest BCUT2D eigenvalue weighted by Gasteiger charge is 2.36. The third-order valence-electron chi connectivity index (χ3n) is 4.08. The first-order valence-electron chi connectivity index (χ1n) is 9.10. The summed E-state index contributed by atoms with van der Waals surface area (Å²) in [5, 5.41) is 5.96. The van der Waals surface area contributed by atoms with Crippen molar-refractivity contribution in [2.45, 2.75) is 51.6 Å². The third-order valence-corrected chi connectivity index (χ3v) is 4.08. The normalized spacial score (nSPS) is 13.3. The Kier molecular flexibility index (Phi) is 6.96. The van der Waals surface area contributed by atoms with Gasteiger partial charge in [0.1, 0.15) is 0 Å². The molecule has 0 spiro atoms. The standard InChI is InChI=1S/C22H28N2O2/c1-15(2)23-21(25)19(17-11-7-5-8-12-17)20(22(26)24-16(3)4)18-13-9-6-10-14-18/h5-16,19-20H,1-4H3,(H,23,25)(H,24,26)/t19-,20+. The molecule has 4 heteroatoms. The van der Waals surface area contributed by atoms with Gasteiger partial charge < -0.3 is 10.6 Å². The number of rotatable bonds is 7. The zero-order valence-corrected chi connectivity index (χ0v) is 15.9. The number of hydrogen-bond acceptors (Lipinski definition) is 2. The summed E-state index contributed by atoms with van der Waals surface area (Å²) in [6.07, 6.45) is 0. The van der Waals surface area contributed by atoms with E-state index in [0.717, 1.165) is 11.1 Å². The van der Waals surface area contributed by atoms with Crippen LogP contribution in [-0.4, -0.2) is 23.9 Å². The van der Waals surface area contributed by atoms with Gasteiger partial charge >= 0.3 is 0 Å². The van der Waals surface area contributed by atoms with Gasteiger partial charge in [0.2, 0.25) is 11.8 Å². The molecule has 0 saturated heterocycles. The average molecular weight is 352 g/mol. The second-order valence-corrected chi connectivity index (χ2v) is 7.10. The minimum absolute atomic E-state index is 0.00158. The molecule has 0 fully saturated rings. The Labute approximate surface area is 156 Å². The Morgan fingerprint density at radius 3 is 1.19 bits per heavy atom. The van der Waals surface area contributed by atoms with Crippen LogP contribution in [0, 0.1) is 0 Å². The maximum Gasteiger partial charge on any atom is 0.228 e. The summed E-state index contributed by atoms with van der Waals surface area (Å²) in [6.45, 7) is 7.69. The van der Waals surface area contributed by atoms with E-state index in [2.05, 4.69) is 10.6 Å². The van der Waals surface area contributed by atoms with Crippen LogP contribution in [-0.2, 0) is 9.59 Å². The van der Waals surface area contributed by atoms with Crippen molar-refractivity contribution < 1.29 is 9.59 Å². The summed E-state index contributed by atoms with van der Waals surface area (Å²) in [4.78, 5) is 26.1. The van der Waals surface area contributed by atoms with Gasteiger partial charge in [0.05, 0.1) is 11.8 Å². The molecule has 0 bridgehead atoms. The molecule has 4 nitrogen and oxygen atoms in total. The predicted octanol–water partition coefficient (Wildman–Crippen LogP) is 3.60. The number of carbonyl (C=O) groups excluding carboxylic acids is 2. The van der Waals surface area contributed by atoms with E-state index in [4.69, 9.17) is 0 Å². The highest BCUT2D eigenvalue weighted by molar-refractivity contribution is 5.95. The second-order valence-electron chi connectivity index (χ2n) is 7.10. The molecular weight excluding hydrogens is 324 g/mol. The first-order valence-corrected chi connectivity index (χ1v) is 9.10. The molecule has 2 atom stereocenters. The Morgan fingerprint density at radius 1 is 0.615 bits per heavy atom. The lowest BCUT2D eigenvalue weighted by Gasteiger charge is -2.28. The van der Waals surface area contributed by atoms with Crippen molar-refractivity contribution >= 4 is 11.8 Å². The Bertz CT molecular complexity index is 648. The van der Waals surface area contributed by atoms with E-state index in [-0.39, 0.29) is 23.9 Å². The molecule has 0 heterocycles. The van der Waals surface area contributed by atoms with Crippen LogP contribution in [0.2, 0.25) is 0 Å². The van der Waals surface area contributed by atoms with Crippen LogP contribution in [0.5, 0.6) is 0 Å². The van der Waals surface area contributed by atoms with Gasteiger partial charge in [-0.2, -0.15) is 0 Å². The molecular formula is C22H28N2O2. The summed E-state index contributed by atoms with van der Waals surface area (Å²) in [7, 11) is 0. The largest absolute Gasteiger partial charge is 0.353 e. The molecule has 2 N–H and O–H groups in total. The third kappa shape index (κ3) is 5.19. The highest BCUT2D eigenvalue weighted by atomic mass is 16.2. The smallest absolute Gasteiger partial charge is 0.228 e. The van der Waals surface area contributed by atoms with E-state index in [9.17, 15) is 9.59 Å². The fourth-order valence-electron chi connectivity index (χ4n) is 3.06. The Hall–Kier alpha value is -2.62. The van der Waals surface area contributed by atoms with Gasteiger partial charge in [-0.25, -0.2) is 0 Å². The van der Waals surface area contributed by atoms with Crippen molar-refractivity contribution in [3.05, 3.63) is 71.8 Å². The van der Waals surface area contributed by atoms with Gasteiger partial charge in [-0.15, -0.1) is 0 Å². The van der Waals surface area contributed by atoms with E-state index in [1.807, 2.05) is 88.4 Å². The van der Waals surface area contributed by atoms with E-state index >= 15 is 0 Å². The van der Waals surface area contributed by atoms with Gasteiger partial charge in [0, 0.05) is 12.1 Å². The summed E-state index contributed by atoms with van der Waals surface area (Å²) in [5.41, 5.74) is 1.66. The minimum Gasteiger partial charge on any atom is -0.353 e. The highest BCUT2D eigenvalue weighted by Crippen LogP contribution is 2.34. The summed E-state index contributed by atoms with van der Waals surface area (Å²) in [6, 6.07) is 19.0. The molecule has 0 aromatic heterocycles. The number of benzene rings is 2. The van der Waals surface area contributed by atoms with Gasteiger partial charge in [0.25, 0.3) is 0 Å². The molecule has 2 amide bonds. The number of carbonyl (C=O) groups is 2. The molecule has 0 unspecified atom stereocenters. The van der Waals surface area contributed by atoms with E-state index in [1.165, 1.54) is 0 Å². The summed E-state index contributed by atoms with van der Waals surface area (Å²) >= 11 is 0. The fraction of sp³-hybridized carbons (Fsp3) is 0.364. The van der Waals surface area contributed by atoms with E-state index in [1.54, 1.807) is 0 Å². The van der Waals surface area contributed by atoms with Crippen LogP contribution in [0.3, 0.4) is 0 Å². The zero-order valence-electron chi connectivity index (χ0n) is 15.9. The molecule has 2 aromatic carbocycles. The number of hydrogen-bond donors (Lipinski definition) is 2. The van der Waals surface area contributed by atoms with E-state index in [0.29, 0.717) is 0 Å². The minimum atomic E-state index is -0.597. The summed E-state index contributed by atoms with van der Waals surface area (Å²) in [5.74, 6) is -1.47. The molecule has 138 valence electrons. The van der Waals surface area contributed by atoms with Crippen molar-refractivity contribution in [2.75, 3.05) is 0 Å². The topological polar surface area (TPSA) is 58.2 Å². The zero-order chi connectivity index (χ0) is 19.1. The predicted molar refractivity (Wildman–Crippen MR) is 105 cm³/mol. The van der Waals surface area contributed by atoms with Gasteiger partial charge in [-0.3, -0.25) is 9.59 Å². The fourth-order valence-corrected chi connectivity index (χ4v) is 3.06. The van der Waals surface area contributed by atoms with Crippen molar-refractivity contribution in [2.24, 2.45) is 0 Å². The lowest BCUT2D eigenvalue weighted by Crippen LogP contribution is -2.43. The van der Waals surface area contributed by atoms with Crippen LogP contribution < -0.4 is 10.6 Å². The van der Waals surface area contributed by atoms with Crippen LogP contribution in [0.25, 0.3) is 0 Å². The molecule has 0 saturated carbocycles. The monoisotopic (exact) mass is 352 g/mol. The van der Waals surface area contributed by atoms with Crippen LogP contribution in [0.15, 0.2) is 60.7 Å². The lowest BCUT2D eigenvalue weighted by atomic mass is 9.79. The quantitative estimate of drug-likeness (QED) is 0.800. The lowest BCUT2D eigenvalue weighted by molar-refractivity contribution is -0.130. The first kappa shape index (κ1) is 19.7. The summed E-state index contributed by atoms with van der Waals surface area (Å²) < 4.78 is 0. The van der Waals surface area contributed by atoms with Crippen molar-refractivity contribution in [3.63, 3.8) is 0 Å². The van der Waals surface area contributed by atoms with Crippen molar-refractivity contribution in [1.29, 1.82) is 0 Å². The van der Waals surface area contributed by atoms with Crippen molar-refractivity contribution in [1.82, 2.24) is 10.6 Å². The number of nitrogens with one attached hydrogen (secondary N) is 2. The SMILES string of the molecule is CC(C)NC(=O)[C@H](c1ccccc1)[C@@H](C(=O)NC(C)C)c1ccccc1. The van der Waals surface area contributed by atoms with Crippen LogP contribution in [0.4, 0.5) is 0 Å². The van der Waals surface area contributed by atoms with Gasteiger partial charge in [-0.05, 0) is 38.8 Å². The molecule has 2 rings (SSSR count). The van der Waals surface area contributed by atoms with E-state index < -0.39 is 11.8 Å². The van der Waals surface area contributed by atoms with Gasteiger partial charge in [-0.1, -0.05) is 60.7 Å². The van der Waals surface area contributed by atoms with Gasteiger partial charge in [0.15, 0.2) is 0 Å². The van der Waals surface area contributed by atoms with Crippen LogP contribution >= 0.6 is 0 Å². The van der Waals surface area contributed by atoms with Crippen LogP contribution in [0.1, 0.15) is 50.7 Å². The molecule has 26 heavy (non-hydrogen) atoms. The second kappa shape index (κ2) is 9.18. The Morgan fingerprint density at radius 2 is 0.923 bits per heavy atom. The number of amides is 2. The maximum atomic E-state index is 13.1. The molecule has 2 aromatic rings. The average Bonchev–Trinajstić information content (AvgIpc) is 2.59. The molecule has 0 radical (unpaired) electrons. The molecule has 0 aliphatic carbocycles. The first-order chi connectivity index (χ1) is 12.4. The molecule has 0 aliphatic heterocycles. The molecule has 0 aliphatic rings. The maximum absolute atomic E-state index is 13.1.